The molecular formula is C18H23BrClFN4O4. The maximum absolute atomic E-state index is 13.7. The number of ether oxygens (including phenoxy) is 2. The van der Waals surface area contributed by atoms with Crippen molar-refractivity contribution in [2.75, 3.05) is 33.3 Å². The van der Waals surface area contributed by atoms with Crippen molar-refractivity contribution < 1.29 is 18.7 Å². The zero-order valence-corrected chi connectivity index (χ0v) is 18.9. The molecule has 0 spiro atoms. The van der Waals surface area contributed by atoms with E-state index >= 15 is 0 Å². The normalized spacial score (nSPS) is 14.2. The fourth-order valence-electron chi connectivity index (χ4n) is 2.55. The molecule has 8 nitrogen and oxygen atoms in total. The van der Waals surface area contributed by atoms with Crippen LogP contribution in [0.5, 0.6) is 5.75 Å². The van der Waals surface area contributed by atoms with Gasteiger partial charge in [0.15, 0.2) is 11.6 Å². The van der Waals surface area contributed by atoms with Gasteiger partial charge in [0.05, 0.1) is 22.9 Å². The lowest BCUT2D eigenvalue weighted by Gasteiger charge is -2.30. The van der Waals surface area contributed by atoms with E-state index in [0.717, 1.165) is 26.2 Å². The van der Waals surface area contributed by atoms with E-state index in [4.69, 9.17) is 21.1 Å². The Labute approximate surface area is 180 Å². The second-order valence-corrected chi connectivity index (χ2v) is 8.32. The van der Waals surface area contributed by atoms with Gasteiger partial charge < -0.3 is 24.7 Å². The van der Waals surface area contributed by atoms with Crippen molar-refractivity contribution in [2.45, 2.75) is 26.4 Å². The van der Waals surface area contributed by atoms with Crippen LogP contribution >= 0.6 is 27.5 Å². The number of carbonyl (C=O) groups excluding carboxylic acids is 1. The van der Waals surface area contributed by atoms with Crippen molar-refractivity contribution in [3.8, 4) is 5.75 Å². The highest BCUT2D eigenvalue weighted by Gasteiger charge is 2.23. The Morgan fingerprint density at radius 3 is 2.52 bits per heavy atom. The summed E-state index contributed by atoms with van der Waals surface area (Å²) in [5, 5.41) is 3.22. The fourth-order valence-corrected chi connectivity index (χ4v) is 3.15. The van der Waals surface area contributed by atoms with Gasteiger partial charge in [0.25, 0.3) is 5.56 Å². The summed E-state index contributed by atoms with van der Waals surface area (Å²) < 4.78 is 23.8. The van der Waals surface area contributed by atoms with Crippen LogP contribution in [0, 0.1) is 5.82 Å². The molecule has 1 aliphatic rings. The number of benzene rings is 1. The van der Waals surface area contributed by atoms with E-state index < -0.39 is 11.4 Å². The number of aromatic nitrogens is 2. The summed E-state index contributed by atoms with van der Waals surface area (Å²) in [6.07, 6.45) is 0.995. The minimum absolute atomic E-state index is 0.00398. The topological polar surface area (TPSA) is 96.5 Å². The van der Waals surface area contributed by atoms with Crippen LogP contribution in [0.4, 0.5) is 9.18 Å². The molecular weight excluding hydrogens is 471 g/mol. The number of H-pyrrole nitrogens is 1. The molecule has 160 valence electrons. The predicted molar refractivity (Wildman–Crippen MR) is 112 cm³/mol. The number of piperazine rings is 1. The number of aromatic amines is 1. The Kier molecular flexibility index (Phi) is 7.84. The number of halogens is 3. The smallest absolute Gasteiger partial charge is 0.410 e. The average Bonchev–Trinajstić information content (AvgIpc) is 2.67. The lowest BCUT2D eigenvalue weighted by molar-refractivity contribution is 0.0229. The molecule has 3 rings (SSSR count). The summed E-state index contributed by atoms with van der Waals surface area (Å²) in [7, 11) is 1.27. The Morgan fingerprint density at radius 1 is 1.34 bits per heavy atom. The number of methoxy groups -OCH3 is 1. The summed E-state index contributed by atoms with van der Waals surface area (Å²) in [6, 6.07) is 0. The van der Waals surface area contributed by atoms with Crippen molar-refractivity contribution >= 4 is 44.5 Å². The summed E-state index contributed by atoms with van der Waals surface area (Å²) in [4.78, 5) is 31.0. The van der Waals surface area contributed by atoms with Crippen LogP contribution < -0.4 is 15.6 Å². The number of carbonyl (C=O) groups is 1. The van der Waals surface area contributed by atoms with Gasteiger partial charge in [-0.1, -0.05) is 11.6 Å². The molecule has 0 unspecified atom stereocenters. The first-order chi connectivity index (χ1) is 13.6. The molecule has 29 heavy (non-hydrogen) atoms. The quantitative estimate of drug-likeness (QED) is 0.592. The Balaban J connectivity index is 0.000000212. The van der Waals surface area contributed by atoms with Gasteiger partial charge in [0.1, 0.15) is 16.5 Å². The van der Waals surface area contributed by atoms with Crippen LogP contribution in [0.2, 0.25) is 5.02 Å². The Morgan fingerprint density at radius 2 is 1.97 bits per heavy atom. The zero-order valence-electron chi connectivity index (χ0n) is 16.6. The van der Waals surface area contributed by atoms with Crippen molar-refractivity contribution in [3.05, 3.63) is 32.0 Å². The average molecular weight is 494 g/mol. The molecule has 0 aliphatic carbocycles. The molecule has 2 heterocycles. The molecule has 0 bridgehead atoms. The van der Waals surface area contributed by atoms with Gasteiger partial charge in [-0.2, -0.15) is 0 Å². The second-order valence-electron chi connectivity index (χ2n) is 7.15. The SMILES string of the molecule is CC(C)(C)OC(=O)N1CCNCC1.COc1c(F)c(Br)c(Cl)c2nc[nH]c(=O)c12. The number of rotatable bonds is 1. The Bertz CT molecular complexity index is 942. The number of nitrogens with zero attached hydrogens (tertiary/aromatic N) is 2. The highest BCUT2D eigenvalue weighted by molar-refractivity contribution is 9.10. The number of hydrogen-bond acceptors (Lipinski definition) is 6. The molecule has 1 aliphatic heterocycles. The van der Waals surface area contributed by atoms with E-state index in [9.17, 15) is 14.0 Å². The molecule has 1 saturated heterocycles. The van der Waals surface area contributed by atoms with Crippen molar-refractivity contribution in [2.24, 2.45) is 0 Å². The minimum atomic E-state index is -0.724. The van der Waals surface area contributed by atoms with Gasteiger partial charge in [-0.05, 0) is 36.7 Å². The van der Waals surface area contributed by atoms with Crippen LogP contribution in [0.3, 0.4) is 0 Å². The molecule has 2 N–H and O–H groups in total. The van der Waals surface area contributed by atoms with Crippen LogP contribution in [0.25, 0.3) is 10.9 Å². The summed E-state index contributed by atoms with van der Waals surface area (Å²) >= 11 is 8.85. The van der Waals surface area contributed by atoms with E-state index in [1.165, 1.54) is 13.4 Å². The number of amides is 1. The van der Waals surface area contributed by atoms with Gasteiger partial charge >= 0.3 is 6.09 Å². The van der Waals surface area contributed by atoms with Crippen LogP contribution in [0.15, 0.2) is 15.6 Å². The van der Waals surface area contributed by atoms with Crippen LogP contribution in [-0.2, 0) is 4.74 Å². The maximum atomic E-state index is 13.7. The molecule has 0 radical (unpaired) electrons. The first kappa shape index (κ1) is 23.4. The number of fused-ring (bicyclic) bond motifs is 1. The molecule has 1 aromatic heterocycles. The first-order valence-electron chi connectivity index (χ1n) is 8.83. The molecule has 0 atom stereocenters. The molecule has 11 heteroatoms. The monoisotopic (exact) mass is 492 g/mol. The standard InChI is InChI=1S/C9H5BrClFN2O2.C9H18N2O2/c1-16-8-3-7(13-2-14-9(3)15)5(11)4(10)6(8)12;1-9(2,3)13-8(12)11-6-4-10-5-7-11/h2H,1H3,(H,13,14,15);10H,4-7H2,1-3H3. The highest BCUT2D eigenvalue weighted by atomic mass is 79.9. The largest absolute Gasteiger partial charge is 0.493 e. The molecule has 1 aromatic carbocycles. The third kappa shape index (κ3) is 5.80. The van der Waals surface area contributed by atoms with E-state index in [-0.39, 0.29) is 37.8 Å². The van der Waals surface area contributed by atoms with Gasteiger partial charge in [0.2, 0.25) is 0 Å². The maximum Gasteiger partial charge on any atom is 0.410 e. The molecule has 1 amide bonds. The summed E-state index contributed by atoms with van der Waals surface area (Å²) in [5.41, 5.74) is -0.701. The minimum Gasteiger partial charge on any atom is -0.493 e. The van der Waals surface area contributed by atoms with Crippen LogP contribution in [-0.4, -0.2) is 59.9 Å². The molecule has 1 fully saturated rings. The fraction of sp³-hybridized carbons (Fsp3) is 0.500. The first-order valence-corrected chi connectivity index (χ1v) is 10.0. The van der Waals surface area contributed by atoms with E-state index in [2.05, 4.69) is 31.2 Å². The van der Waals surface area contributed by atoms with E-state index in [1.807, 2.05) is 20.8 Å². The van der Waals surface area contributed by atoms with Gasteiger partial charge in [0, 0.05) is 26.2 Å². The summed E-state index contributed by atoms with van der Waals surface area (Å²) in [5.74, 6) is -0.904. The van der Waals surface area contributed by atoms with Gasteiger partial charge in [-0.25, -0.2) is 14.2 Å². The van der Waals surface area contributed by atoms with Gasteiger partial charge in [-0.3, -0.25) is 4.79 Å². The van der Waals surface area contributed by atoms with E-state index in [1.54, 1.807) is 4.90 Å². The number of nitrogens with one attached hydrogen (secondary N) is 2. The molecule has 2 aromatic rings. The highest BCUT2D eigenvalue weighted by Crippen LogP contribution is 2.37. The van der Waals surface area contributed by atoms with Crippen LogP contribution in [0.1, 0.15) is 20.8 Å². The predicted octanol–water partition coefficient (Wildman–Crippen LogP) is 3.31. The lowest BCUT2D eigenvalue weighted by Crippen LogP contribution is -2.48. The number of hydrogen-bond donors (Lipinski definition) is 2. The summed E-state index contributed by atoms with van der Waals surface area (Å²) in [6.45, 7) is 8.86. The van der Waals surface area contributed by atoms with Crippen molar-refractivity contribution in [1.82, 2.24) is 20.2 Å². The third-order valence-electron chi connectivity index (χ3n) is 3.85. The third-order valence-corrected chi connectivity index (χ3v) is 5.19. The Hall–Kier alpha value is -1.91. The van der Waals surface area contributed by atoms with Gasteiger partial charge in [-0.15, -0.1) is 0 Å². The van der Waals surface area contributed by atoms with E-state index in [0.29, 0.717) is 0 Å². The lowest BCUT2D eigenvalue weighted by atomic mass is 10.2. The van der Waals surface area contributed by atoms with Crippen molar-refractivity contribution in [3.63, 3.8) is 0 Å². The second kappa shape index (κ2) is 9.73. The van der Waals surface area contributed by atoms with Crippen molar-refractivity contribution in [1.29, 1.82) is 0 Å². The zero-order chi connectivity index (χ0) is 21.8. The molecule has 0 saturated carbocycles.